The summed E-state index contributed by atoms with van der Waals surface area (Å²) in [4.78, 5) is 38.8. The van der Waals surface area contributed by atoms with Crippen LogP contribution in [0.4, 0.5) is 4.79 Å². The highest BCUT2D eigenvalue weighted by atomic mass is 79.9. The number of fused-ring (bicyclic) bond motifs is 1. The van der Waals surface area contributed by atoms with Crippen LogP contribution in [-0.2, 0) is 17.9 Å². The molecule has 0 saturated carbocycles. The first kappa shape index (κ1) is 26.5. The van der Waals surface area contributed by atoms with Crippen LogP contribution in [0.5, 0.6) is 11.5 Å². The summed E-state index contributed by atoms with van der Waals surface area (Å²) >= 11 is 4.41. The summed E-state index contributed by atoms with van der Waals surface area (Å²) in [5.74, 6) is -0.521. The highest BCUT2D eigenvalue weighted by Crippen LogP contribution is 2.40. The lowest BCUT2D eigenvalue weighted by Crippen LogP contribution is -2.27. The molecule has 9 heteroatoms. The number of hydrogen-bond donors (Lipinski definition) is 1. The van der Waals surface area contributed by atoms with Crippen LogP contribution in [0, 0.1) is 0 Å². The van der Waals surface area contributed by atoms with Gasteiger partial charge in [-0.05, 0) is 85.5 Å². The number of aromatic carboxylic acids is 1. The van der Waals surface area contributed by atoms with Gasteiger partial charge in [0, 0.05) is 0 Å². The van der Waals surface area contributed by atoms with E-state index in [1.807, 2.05) is 42.5 Å². The van der Waals surface area contributed by atoms with Crippen LogP contribution in [-0.4, -0.2) is 34.2 Å². The Labute approximate surface area is 237 Å². The summed E-state index contributed by atoms with van der Waals surface area (Å²) in [6, 6.07) is 23.7. The number of nitrogens with zero attached hydrogens (tertiary/aromatic N) is 1. The van der Waals surface area contributed by atoms with E-state index in [-0.39, 0.29) is 29.9 Å². The van der Waals surface area contributed by atoms with Gasteiger partial charge >= 0.3 is 5.97 Å². The minimum atomic E-state index is -1.01. The number of hydrogen-bond acceptors (Lipinski definition) is 6. The molecule has 0 spiro atoms. The van der Waals surface area contributed by atoms with E-state index in [0.29, 0.717) is 32.0 Å². The quantitative estimate of drug-likeness (QED) is 0.214. The maximum atomic E-state index is 13.2. The van der Waals surface area contributed by atoms with E-state index < -0.39 is 5.97 Å². The Morgan fingerprint density at radius 1 is 1.03 bits per heavy atom. The molecule has 2 amide bonds. The minimum Gasteiger partial charge on any atom is -0.493 e. The van der Waals surface area contributed by atoms with Crippen molar-refractivity contribution in [2.24, 2.45) is 0 Å². The predicted octanol–water partition coefficient (Wildman–Crippen LogP) is 7.12. The molecule has 0 aromatic heterocycles. The number of amides is 2. The third-order valence-electron chi connectivity index (χ3n) is 6.19. The molecule has 196 valence electrons. The fourth-order valence-corrected chi connectivity index (χ4v) is 5.71. The molecule has 1 aliphatic rings. The molecule has 7 nitrogen and oxygen atoms in total. The largest absolute Gasteiger partial charge is 0.493 e. The van der Waals surface area contributed by atoms with Gasteiger partial charge in [0.1, 0.15) is 6.61 Å². The highest BCUT2D eigenvalue weighted by molar-refractivity contribution is 9.10. The van der Waals surface area contributed by atoms with Crippen LogP contribution >= 0.6 is 27.7 Å². The number of halogens is 1. The van der Waals surface area contributed by atoms with E-state index >= 15 is 0 Å². The van der Waals surface area contributed by atoms with E-state index in [1.54, 1.807) is 36.4 Å². The Balaban J connectivity index is 1.36. The minimum absolute atomic E-state index is 0.127. The number of methoxy groups -OCH3 is 1. The number of carbonyl (C=O) groups excluding carboxylic acids is 2. The van der Waals surface area contributed by atoms with Gasteiger partial charge in [0.15, 0.2) is 11.5 Å². The third kappa shape index (κ3) is 5.69. The molecule has 1 aliphatic heterocycles. The predicted molar refractivity (Wildman–Crippen MR) is 154 cm³/mol. The van der Waals surface area contributed by atoms with Crippen molar-refractivity contribution in [1.82, 2.24) is 4.90 Å². The van der Waals surface area contributed by atoms with Crippen LogP contribution < -0.4 is 9.47 Å². The van der Waals surface area contributed by atoms with Crippen molar-refractivity contribution in [2.45, 2.75) is 13.2 Å². The molecule has 0 unspecified atom stereocenters. The number of imide groups is 1. The van der Waals surface area contributed by atoms with Crippen molar-refractivity contribution >= 4 is 61.7 Å². The van der Waals surface area contributed by atoms with Gasteiger partial charge in [-0.15, -0.1) is 0 Å². The zero-order valence-corrected chi connectivity index (χ0v) is 23.1. The average molecular weight is 604 g/mol. The molecule has 1 heterocycles. The second-order valence-electron chi connectivity index (χ2n) is 8.73. The standard InChI is InChI=1S/C30H22BrNO6S/c1-37-25-14-19(13-24(31)27(25)38-17-18-6-4-9-21(12-18)29(34)35)15-26-28(33)32(30(36)39-26)16-22-10-5-8-20-7-2-3-11-23(20)22/h2-15H,16-17H2,1H3,(H,34,35)/b26-15+. The van der Waals surface area contributed by atoms with Gasteiger partial charge in [-0.25, -0.2) is 4.79 Å². The summed E-state index contributed by atoms with van der Waals surface area (Å²) in [5.41, 5.74) is 2.41. The molecule has 1 saturated heterocycles. The smallest absolute Gasteiger partial charge is 0.335 e. The summed E-state index contributed by atoms with van der Waals surface area (Å²) in [6.45, 7) is 0.314. The molecule has 0 atom stereocenters. The zero-order valence-electron chi connectivity index (χ0n) is 20.7. The molecule has 0 aliphatic carbocycles. The number of carboxylic acids is 1. The highest BCUT2D eigenvalue weighted by Gasteiger charge is 2.35. The van der Waals surface area contributed by atoms with Crippen LogP contribution in [0.3, 0.4) is 0 Å². The molecule has 1 fully saturated rings. The Morgan fingerprint density at radius 3 is 2.59 bits per heavy atom. The number of thioether (sulfide) groups is 1. The van der Waals surface area contributed by atoms with Crippen molar-refractivity contribution in [1.29, 1.82) is 0 Å². The van der Waals surface area contributed by atoms with Crippen molar-refractivity contribution < 1.29 is 29.0 Å². The first-order valence-electron chi connectivity index (χ1n) is 11.9. The second-order valence-corrected chi connectivity index (χ2v) is 10.6. The zero-order chi connectivity index (χ0) is 27.5. The van der Waals surface area contributed by atoms with E-state index in [2.05, 4.69) is 15.9 Å². The van der Waals surface area contributed by atoms with Crippen LogP contribution in [0.1, 0.15) is 27.0 Å². The lowest BCUT2D eigenvalue weighted by molar-refractivity contribution is -0.123. The molecule has 4 aromatic rings. The molecule has 0 bridgehead atoms. The van der Waals surface area contributed by atoms with Crippen molar-refractivity contribution in [3.8, 4) is 11.5 Å². The van der Waals surface area contributed by atoms with Gasteiger partial charge in [0.05, 0.1) is 28.6 Å². The normalized spacial score (nSPS) is 14.3. The monoisotopic (exact) mass is 603 g/mol. The summed E-state index contributed by atoms with van der Waals surface area (Å²) in [7, 11) is 1.50. The molecule has 1 N–H and O–H groups in total. The molecule has 4 aromatic carbocycles. The van der Waals surface area contributed by atoms with Gasteiger partial charge in [-0.3, -0.25) is 14.5 Å². The third-order valence-corrected chi connectivity index (χ3v) is 7.69. The molecular formula is C30H22BrNO6S. The van der Waals surface area contributed by atoms with Crippen LogP contribution in [0.15, 0.2) is 88.2 Å². The summed E-state index contributed by atoms with van der Waals surface area (Å²) in [6.07, 6.45) is 1.65. The number of benzene rings is 4. The molecule has 39 heavy (non-hydrogen) atoms. The molecule has 0 radical (unpaired) electrons. The van der Waals surface area contributed by atoms with Gasteiger partial charge in [0.25, 0.3) is 11.1 Å². The molecule has 5 rings (SSSR count). The maximum Gasteiger partial charge on any atom is 0.335 e. The van der Waals surface area contributed by atoms with E-state index in [4.69, 9.17) is 9.47 Å². The maximum absolute atomic E-state index is 13.2. The van der Waals surface area contributed by atoms with Crippen molar-refractivity contribution in [3.63, 3.8) is 0 Å². The van der Waals surface area contributed by atoms with E-state index in [0.717, 1.165) is 28.1 Å². The number of carboxylic acid groups (broad SMARTS) is 1. The van der Waals surface area contributed by atoms with Gasteiger partial charge < -0.3 is 14.6 Å². The number of rotatable bonds is 8. The SMILES string of the molecule is COc1cc(/C=C2/SC(=O)N(Cc3cccc4ccccc34)C2=O)cc(Br)c1OCc1cccc(C(=O)O)c1. The first-order chi connectivity index (χ1) is 18.8. The van der Waals surface area contributed by atoms with Gasteiger partial charge in [-0.2, -0.15) is 0 Å². The Bertz CT molecular complexity index is 1640. The van der Waals surface area contributed by atoms with Crippen molar-refractivity contribution in [3.05, 3.63) is 110 Å². The second kappa shape index (κ2) is 11.3. The number of carbonyl (C=O) groups is 3. The topological polar surface area (TPSA) is 93.1 Å². The van der Waals surface area contributed by atoms with Crippen molar-refractivity contribution in [2.75, 3.05) is 7.11 Å². The first-order valence-corrected chi connectivity index (χ1v) is 13.5. The van der Waals surface area contributed by atoms with E-state index in [1.165, 1.54) is 18.1 Å². The lowest BCUT2D eigenvalue weighted by Gasteiger charge is -2.15. The number of ether oxygens (including phenoxy) is 2. The Morgan fingerprint density at radius 2 is 1.79 bits per heavy atom. The van der Waals surface area contributed by atoms with Gasteiger partial charge in [-0.1, -0.05) is 54.6 Å². The summed E-state index contributed by atoms with van der Waals surface area (Å²) in [5, 5.41) is 10.9. The van der Waals surface area contributed by atoms with Crippen LogP contribution in [0.25, 0.3) is 16.8 Å². The average Bonchev–Trinajstić information content (AvgIpc) is 3.19. The lowest BCUT2D eigenvalue weighted by atomic mass is 10.0. The van der Waals surface area contributed by atoms with Crippen LogP contribution in [0.2, 0.25) is 0 Å². The van der Waals surface area contributed by atoms with Gasteiger partial charge in [0.2, 0.25) is 0 Å². The fraction of sp³-hybridized carbons (Fsp3) is 0.100. The Hall–Kier alpha value is -4.08. The van der Waals surface area contributed by atoms with E-state index in [9.17, 15) is 19.5 Å². The fourth-order valence-electron chi connectivity index (χ4n) is 4.30. The molecular weight excluding hydrogens is 582 g/mol. The Kier molecular flexibility index (Phi) is 7.72. The summed E-state index contributed by atoms with van der Waals surface area (Å²) < 4.78 is 12.0.